The van der Waals surface area contributed by atoms with Gasteiger partial charge in [-0.2, -0.15) is 0 Å². The first kappa shape index (κ1) is 16.1. The highest BCUT2D eigenvalue weighted by Crippen LogP contribution is 2.13. The Balaban J connectivity index is 1.47. The van der Waals surface area contributed by atoms with Crippen LogP contribution in [0.2, 0.25) is 0 Å². The summed E-state index contributed by atoms with van der Waals surface area (Å²) < 4.78 is 0. The highest BCUT2D eigenvalue weighted by atomic mass is 32.1. The molecular formula is C17H22N4OS. The van der Waals surface area contributed by atoms with Crippen LogP contribution in [0, 0.1) is 0 Å². The zero-order valence-electron chi connectivity index (χ0n) is 13.1. The first-order chi connectivity index (χ1) is 11.2. The van der Waals surface area contributed by atoms with E-state index in [0.717, 1.165) is 38.4 Å². The summed E-state index contributed by atoms with van der Waals surface area (Å²) in [5.41, 5.74) is 7.16. The van der Waals surface area contributed by atoms with Crippen molar-refractivity contribution in [3.05, 3.63) is 52.5 Å². The van der Waals surface area contributed by atoms with Gasteiger partial charge >= 0.3 is 0 Å². The predicted octanol–water partition coefficient (Wildman–Crippen LogP) is 1.36. The van der Waals surface area contributed by atoms with Crippen molar-refractivity contribution < 1.29 is 4.79 Å². The van der Waals surface area contributed by atoms with Crippen molar-refractivity contribution in [1.82, 2.24) is 14.8 Å². The summed E-state index contributed by atoms with van der Waals surface area (Å²) in [7, 11) is 0. The summed E-state index contributed by atoms with van der Waals surface area (Å²) in [4.78, 5) is 22.2. The van der Waals surface area contributed by atoms with Gasteiger partial charge in [-0.1, -0.05) is 12.1 Å². The SMILES string of the molecule is NC(Cc1cccs1)C(=O)N1CCN(Cc2ccccn2)CC1. The number of piperazine rings is 1. The fraction of sp³-hybridized carbons (Fsp3) is 0.412. The number of thiophene rings is 1. The van der Waals surface area contributed by atoms with Gasteiger partial charge in [0.15, 0.2) is 0 Å². The van der Waals surface area contributed by atoms with Crippen LogP contribution in [0.3, 0.4) is 0 Å². The number of hydrogen-bond acceptors (Lipinski definition) is 5. The summed E-state index contributed by atoms with van der Waals surface area (Å²) >= 11 is 1.65. The first-order valence-corrected chi connectivity index (χ1v) is 8.79. The molecule has 1 aliphatic rings. The topological polar surface area (TPSA) is 62.5 Å². The molecule has 3 rings (SSSR count). The summed E-state index contributed by atoms with van der Waals surface area (Å²) in [6.45, 7) is 4.06. The van der Waals surface area contributed by atoms with E-state index < -0.39 is 6.04 Å². The molecule has 0 radical (unpaired) electrons. The Labute approximate surface area is 140 Å². The molecule has 0 bridgehead atoms. The molecule has 1 unspecified atom stereocenters. The Kier molecular flexibility index (Phi) is 5.38. The maximum Gasteiger partial charge on any atom is 0.239 e. The molecule has 1 saturated heterocycles. The lowest BCUT2D eigenvalue weighted by Crippen LogP contribution is -2.53. The summed E-state index contributed by atoms with van der Waals surface area (Å²) in [5, 5.41) is 2.02. The molecule has 2 aromatic rings. The third kappa shape index (κ3) is 4.37. The molecule has 1 fully saturated rings. The molecule has 122 valence electrons. The third-order valence-corrected chi connectivity index (χ3v) is 5.01. The van der Waals surface area contributed by atoms with Gasteiger partial charge in [-0.15, -0.1) is 11.3 Å². The third-order valence-electron chi connectivity index (χ3n) is 4.11. The second-order valence-electron chi connectivity index (χ2n) is 5.81. The number of rotatable bonds is 5. The molecule has 0 aliphatic carbocycles. The first-order valence-electron chi connectivity index (χ1n) is 7.91. The van der Waals surface area contributed by atoms with E-state index in [1.807, 2.05) is 46.8 Å². The smallest absolute Gasteiger partial charge is 0.239 e. The minimum Gasteiger partial charge on any atom is -0.339 e. The summed E-state index contributed by atoms with van der Waals surface area (Å²) in [5.74, 6) is 0.0656. The zero-order valence-corrected chi connectivity index (χ0v) is 13.9. The summed E-state index contributed by atoms with van der Waals surface area (Å²) in [6, 6.07) is 9.56. The van der Waals surface area contributed by atoms with Crippen molar-refractivity contribution in [2.45, 2.75) is 19.0 Å². The van der Waals surface area contributed by atoms with Crippen LogP contribution in [-0.4, -0.2) is 52.9 Å². The van der Waals surface area contributed by atoms with Crippen LogP contribution in [0.1, 0.15) is 10.6 Å². The highest BCUT2D eigenvalue weighted by Gasteiger charge is 2.25. The van der Waals surface area contributed by atoms with E-state index >= 15 is 0 Å². The lowest BCUT2D eigenvalue weighted by molar-refractivity contribution is -0.134. The van der Waals surface area contributed by atoms with E-state index in [9.17, 15) is 4.79 Å². The number of carbonyl (C=O) groups is 1. The maximum atomic E-state index is 12.5. The number of nitrogens with zero attached hydrogens (tertiary/aromatic N) is 3. The number of aromatic nitrogens is 1. The maximum absolute atomic E-state index is 12.5. The highest BCUT2D eigenvalue weighted by molar-refractivity contribution is 7.09. The number of pyridine rings is 1. The van der Waals surface area contributed by atoms with Gasteiger partial charge in [0.25, 0.3) is 0 Å². The molecule has 0 spiro atoms. The molecule has 3 heterocycles. The fourth-order valence-electron chi connectivity index (χ4n) is 2.81. The van der Waals surface area contributed by atoms with Crippen molar-refractivity contribution in [3.8, 4) is 0 Å². The van der Waals surface area contributed by atoms with Gasteiger partial charge in [0.2, 0.25) is 5.91 Å². The monoisotopic (exact) mass is 330 g/mol. The van der Waals surface area contributed by atoms with Crippen LogP contribution in [0.5, 0.6) is 0 Å². The minimum absolute atomic E-state index is 0.0656. The van der Waals surface area contributed by atoms with E-state index in [-0.39, 0.29) is 5.91 Å². The predicted molar refractivity (Wildman–Crippen MR) is 92.1 cm³/mol. The van der Waals surface area contributed by atoms with E-state index in [2.05, 4.69) is 9.88 Å². The Morgan fingerprint density at radius 2 is 2.04 bits per heavy atom. The minimum atomic E-state index is -0.434. The van der Waals surface area contributed by atoms with E-state index in [1.54, 1.807) is 11.3 Å². The molecule has 2 N–H and O–H groups in total. The van der Waals surface area contributed by atoms with Crippen molar-refractivity contribution in [2.75, 3.05) is 26.2 Å². The lowest BCUT2D eigenvalue weighted by Gasteiger charge is -2.35. The lowest BCUT2D eigenvalue weighted by atomic mass is 10.1. The van der Waals surface area contributed by atoms with Gasteiger partial charge in [0.1, 0.15) is 0 Å². The second kappa shape index (κ2) is 7.68. The molecule has 0 saturated carbocycles. The van der Waals surface area contributed by atoms with Crippen LogP contribution in [0.4, 0.5) is 0 Å². The van der Waals surface area contributed by atoms with Gasteiger partial charge in [0.05, 0.1) is 11.7 Å². The van der Waals surface area contributed by atoms with Gasteiger partial charge in [-0.05, 0) is 23.6 Å². The van der Waals surface area contributed by atoms with Crippen LogP contribution in [-0.2, 0) is 17.8 Å². The molecule has 1 aliphatic heterocycles. The Morgan fingerprint density at radius 3 is 2.70 bits per heavy atom. The average Bonchev–Trinajstić information content (AvgIpc) is 3.09. The fourth-order valence-corrected chi connectivity index (χ4v) is 3.58. The molecule has 23 heavy (non-hydrogen) atoms. The van der Waals surface area contributed by atoms with Crippen LogP contribution in [0.15, 0.2) is 41.9 Å². The average molecular weight is 330 g/mol. The van der Waals surface area contributed by atoms with Crippen LogP contribution in [0.25, 0.3) is 0 Å². The van der Waals surface area contributed by atoms with Crippen molar-refractivity contribution >= 4 is 17.2 Å². The van der Waals surface area contributed by atoms with Gasteiger partial charge in [-0.25, -0.2) is 0 Å². The molecule has 6 heteroatoms. The van der Waals surface area contributed by atoms with Crippen LogP contribution >= 0.6 is 11.3 Å². The largest absolute Gasteiger partial charge is 0.339 e. The molecule has 1 amide bonds. The molecule has 5 nitrogen and oxygen atoms in total. The number of amides is 1. The zero-order chi connectivity index (χ0) is 16.1. The Hall–Kier alpha value is -1.76. The Morgan fingerprint density at radius 1 is 1.22 bits per heavy atom. The van der Waals surface area contributed by atoms with Crippen molar-refractivity contribution in [1.29, 1.82) is 0 Å². The standard InChI is InChI=1S/C17H22N4OS/c18-16(12-15-5-3-11-23-15)17(22)21-9-7-20(8-10-21)13-14-4-1-2-6-19-14/h1-6,11,16H,7-10,12-13,18H2. The van der Waals surface area contributed by atoms with Crippen molar-refractivity contribution in [2.24, 2.45) is 5.73 Å². The van der Waals surface area contributed by atoms with Gasteiger partial charge in [-0.3, -0.25) is 14.7 Å². The van der Waals surface area contributed by atoms with Gasteiger partial charge in [0, 0.05) is 50.2 Å². The van der Waals surface area contributed by atoms with E-state index in [1.165, 1.54) is 4.88 Å². The summed E-state index contributed by atoms with van der Waals surface area (Å²) in [6.07, 6.45) is 2.45. The Bertz CT molecular complexity index is 609. The second-order valence-corrected chi connectivity index (χ2v) is 6.84. The normalized spacial score (nSPS) is 17.2. The van der Waals surface area contributed by atoms with Crippen molar-refractivity contribution in [3.63, 3.8) is 0 Å². The number of nitrogens with two attached hydrogens (primary N) is 1. The molecular weight excluding hydrogens is 308 g/mol. The number of hydrogen-bond donors (Lipinski definition) is 1. The van der Waals surface area contributed by atoms with E-state index in [0.29, 0.717) is 6.42 Å². The molecule has 1 atom stereocenters. The van der Waals surface area contributed by atoms with Crippen LogP contribution < -0.4 is 5.73 Å². The van der Waals surface area contributed by atoms with E-state index in [4.69, 9.17) is 5.73 Å². The molecule has 0 aromatic carbocycles. The van der Waals surface area contributed by atoms with Gasteiger partial charge < -0.3 is 10.6 Å². The quantitative estimate of drug-likeness (QED) is 0.899. The molecule has 2 aromatic heterocycles. The number of carbonyl (C=O) groups excluding carboxylic acids is 1.